The molecule has 0 saturated heterocycles. The van der Waals surface area contributed by atoms with Crippen molar-refractivity contribution in [1.82, 2.24) is 5.32 Å². The summed E-state index contributed by atoms with van der Waals surface area (Å²) >= 11 is 0. The normalized spacial score (nSPS) is 16.9. The van der Waals surface area contributed by atoms with E-state index in [1.165, 1.54) is 22.3 Å². The van der Waals surface area contributed by atoms with Gasteiger partial charge in [-0.1, -0.05) is 18.2 Å². The summed E-state index contributed by atoms with van der Waals surface area (Å²) in [5, 5.41) is 11.9. The van der Waals surface area contributed by atoms with Crippen molar-refractivity contribution in [2.75, 3.05) is 12.4 Å². The quantitative estimate of drug-likeness (QED) is 0.737. The van der Waals surface area contributed by atoms with Crippen LogP contribution < -0.4 is 15.8 Å². The molecule has 6 nitrogen and oxygen atoms in total. The second kappa shape index (κ2) is 7.66. The van der Waals surface area contributed by atoms with Gasteiger partial charge in [-0.2, -0.15) is 0 Å². The van der Waals surface area contributed by atoms with Crippen molar-refractivity contribution >= 4 is 21.6 Å². The Hall–Kier alpha value is -2.22. The highest BCUT2D eigenvalue weighted by atomic mass is 32.2. The number of hydrogen-bond donors (Lipinski definition) is 3. The van der Waals surface area contributed by atoms with Crippen LogP contribution in [0.3, 0.4) is 0 Å². The standard InChI is InChI=1S/C21H26N4O2S/c1-23-13-14-5-2-8-17(11-14)28(22,27)25-21(26)24-20-18-9-3-6-15(18)12-16-7-4-10-19(16)20/h2,5,8,11-12,23H,3-4,6-7,9-10,13H2,1H3,(H3,22,24,25,26,27). The Kier molecular flexibility index (Phi) is 5.23. The maximum Gasteiger partial charge on any atom is 0.354 e. The van der Waals surface area contributed by atoms with Gasteiger partial charge in [0.1, 0.15) is 9.92 Å². The number of hydrogen-bond acceptors (Lipinski definition) is 3. The summed E-state index contributed by atoms with van der Waals surface area (Å²) in [6.07, 6.45) is 6.22. The SMILES string of the molecule is CNCc1cccc(S(N)(=O)=NC(=O)Nc2c3c(cc4c2CCC4)CCC3)c1. The van der Waals surface area contributed by atoms with Crippen molar-refractivity contribution < 1.29 is 9.00 Å². The molecule has 0 radical (unpaired) electrons. The van der Waals surface area contributed by atoms with Gasteiger partial charge in [-0.3, -0.25) is 0 Å². The number of nitrogens with two attached hydrogens (primary N) is 1. The second-order valence-corrected chi connectivity index (χ2v) is 9.29. The molecule has 2 aliphatic carbocycles. The van der Waals surface area contributed by atoms with Gasteiger partial charge in [-0.25, -0.2) is 14.1 Å². The number of rotatable bonds is 4. The molecule has 1 unspecified atom stereocenters. The maximum absolute atomic E-state index is 12.9. The highest BCUT2D eigenvalue weighted by Gasteiger charge is 2.25. The molecule has 0 saturated carbocycles. The van der Waals surface area contributed by atoms with E-state index in [2.05, 4.69) is 21.1 Å². The Balaban J connectivity index is 1.65. The summed E-state index contributed by atoms with van der Waals surface area (Å²) in [7, 11) is -1.48. The maximum atomic E-state index is 12.9. The van der Waals surface area contributed by atoms with Gasteiger partial charge in [0, 0.05) is 12.2 Å². The van der Waals surface area contributed by atoms with Gasteiger partial charge in [0.15, 0.2) is 0 Å². The Morgan fingerprint density at radius 2 is 1.79 bits per heavy atom. The van der Waals surface area contributed by atoms with Crippen molar-refractivity contribution in [3.05, 3.63) is 58.1 Å². The van der Waals surface area contributed by atoms with E-state index < -0.39 is 15.9 Å². The fourth-order valence-corrected chi connectivity index (χ4v) is 5.31. The number of carbonyl (C=O) groups excluding carboxylic acids is 1. The van der Waals surface area contributed by atoms with E-state index in [0.717, 1.165) is 49.8 Å². The van der Waals surface area contributed by atoms with Crippen molar-refractivity contribution in [3.63, 3.8) is 0 Å². The summed E-state index contributed by atoms with van der Waals surface area (Å²) in [4.78, 5) is 13.0. The molecule has 4 rings (SSSR count). The van der Waals surface area contributed by atoms with E-state index >= 15 is 0 Å². The van der Waals surface area contributed by atoms with Crippen molar-refractivity contribution in [2.24, 2.45) is 9.50 Å². The lowest BCUT2D eigenvalue weighted by Crippen LogP contribution is -2.19. The van der Waals surface area contributed by atoms with Crippen LogP contribution in [0.5, 0.6) is 0 Å². The first-order chi connectivity index (χ1) is 13.5. The number of nitrogens with one attached hydrogen (secondary N) is 2. The third-order valence-electron chi connectivity index (χ3n) is 5.54. The molecule has 1 atom stereocenters. The molecule has 4 N–H and O–H groups in total. The fraction of sp³-hybridized carbons (Fsp3) is 0.381. The average molecular weight is 399 g/mol. The van der Waals surface area contributed by atoms with Crippen LogP contribution in [0.15, 0.2) is 39.6 Å². The minimum atomic E-state index is -3.31. The lowest BCUT2D eigenvalue weighted by atomic mass is 9.99. The monoisotopic (exact) mass is 398 g/mol. The van der Waals surface area contributed by atoms with Gasteiger partial charge in [0.05, 0.1) is 4.90 Å². The summed E-state index contributed by atoms with van der Waals surface area (Å²) in [6, 6.07) is 8.73. The van der Waals surface area contributed by atoms with Crippen LogP contribution in [-0.2, 0) is 42.1 Å². The third kappa shape index (κ3) is 3.70. The van der Waals surface area contributed by atoms with Crippen LogP contribution in [0.2, 0.25) is 0 Å². The molecule has 0 spiro atoms. The van der Waals surface area contributed by atoms with E-state index in [1.807, 2.05) is 13.1 Å². The van der Waals surface area contributed by atoms with Gasteiger partial charge >= 0.3 is 6.03 Å². The first kappa shape index (κ1) is 19.1. The molecule has 28 heavy (non-hydrogen) atoms. The summed E-state index contributed by atoms with van der Waals surface area (Å²) in [5.74, 6) is 0. The van der Waals surface area contributed by atoms with Gasteiger partial charge < -0.3 is 10.6 Å². The van der Waals surface area contributed by atoms with Gasteiger partial charge in [0.25, 0.3) is 0 Å². The number of urea groups is 1. The van der Waals surface area contributed by atoms with Crippen LogP contribution in [0.1, 0.15) is 40.7 Å². The highest BCUT2D eigenvalue weighted by Crippen LogP contribution is 2.38. The molecule has 0 aliphatic heterocycles. The molecule has 2 aromatic carbocycles. The first-order valence-electron chi connectivity index (χ1n) is 9.74. The molecular weight excluding hydrogens is 372 g/mol. The molecule has 2 aliphatic rings. The van der Waals surface area contributed by atoms with E-state index in [-0.39, 0.29) is 0 Å². The largest absolute Gasteiger partial charge is 0.354 e. The molecule has 0 fully saturated rings. The number of nitrogens with zero attached hydrogens (tertiary/aromatic N) is 1. The number of fused-ring (bicyclic) bond motifs is 2. The summed E-state index contributed by atoms with van der Waals surface area (Å²) in [6.45, 7) is 0.623. The van der Waals surface area contributed by atoms with E-state index in [9.17, 15) is 9.00 Å². The van der Waals surface area contributed by atoms with E-state index in [1.54, 1.807) is 18.2 Å². The Morgan fingerprint density at radius 3 is 2.43 bits per heavy atom. The van der Waals surface area contributed by atoms with Crippen LogP contribution in [0, 0.1) is 0 Å². The molecule has 0 heterocycles. The third-order valence-corrected chi connectivity index (χ3v) is 6.91. The molecule has 7 heteroatoms. The molecule has 0 aromatic heterocycles. The number of benzene rings is 2. The summed E-state index contributed by atoms with van der Waals surface area (Å²) in [5.41, 5.74) is 6.89. The lowest BCUT2D eigenvalue weighted by molar-refractivity contribution is 0.260. The van der Waals surface area contributed by atoms with Crippen molar-refractivity contribution in [2.45, 2.75) is 50.0 Å². The van der Waals surface area contributed by atoms with Crippen LogP contribution >= 0.6 is 0 Å². The minimum Gasteiger partial charge on any atom is -0.316 e. The van der Waals surface area contributed by atoms with Crippen LogP contribution in [0.25, 0.3) is 0 Å². The fourth-order valence-electron chi connectivity index (χ4n) is 4.31. The number of amides is 2. The van der Waals surface area contributed by atoms with E-state index in [0.29, 0.717) is 11.4 Å². The average Bonchev–Trinajstić information content (AvgIpc) is 3.30. The second-order valence-electron chi connectivity index (χ2n) is 7.50. The van der Waals surface area contributed by atoms with Crippen molar-refractivity contribution in [1.29, 1.82) is 0 Å². The predicted octanol–water partition coefficient (Wildman–Crippen LogP) is 3.32. The molecule has 0 bridgehead atoms. The van der Waals surface area contributed by atoms with E-state index in [4.69, 9.17) is 5.14 Å². The lowest BCUT2D eigenvalue weighted by Gasteiger charge is -2.15. The predicted molar refractivity (Wildman–Crippen MR) is 112 cm³/mol. The number of carbonyl (C=O) groups is 1. The Bertz CT molecular complexity index is 1020. The molecular formula is C21H26N4O2S. The molecule has 2 amide bonds. The minimum absolute atomic E-state index is 0.360. The Labute approximate surface area is 166 Å². The smallest absolute Gasteiger partial charge is 0.316 e. The molecule has 148 valence electrons. The number of anilines is 1. The van der Waals surface area contributed by atoms with Crippen molar-refractivity contribution in [3.8, 4) is 0 Å². The van der Waals surface area contributed by atoms with Crippen LogP contribution in [-0.4, -0.2) is 17.3 Å². The zero-order valence-electron chi connectivity index (χ0n) is 16.1. The topological polar surface area (TPSA) is 96.6 Å². The molecule has 2 aromatic rings. The zero-order valence-corrected chi connectivity index (χ0v) is 16.9. The van der Waals surface area contributed by atoms with Gasteiger partial charge in [-0.15, -0.1) is 4.36 Å². The van der Waals surface area contributed by atoms with Gasteiger partial charge in [0.2, 0.25) is 0 Å². The Morgan fingerprint density at radius 1 is 1.11 bits per heavy atom. The highest BCUT2D eigenvalue weighted by molar-refractivity contribution is 7.91. The van der Waals surface area contributed by atoms with Gasteiger partial charge in [-0.05, 0) is 85.5 Å². The number of aryl methyl sites for hydroxylation is 2. The zero-order chi connectivity index (χ0) is 19.7. The van der Waals surface area contributed by atoms with Crippen LogP contribution in [0.4, 0.5) is 10.5 Å². The summed E-state index contributed by atoms with van der Waals surface area (Å²) < 4.78 is 16.8. The first-order valence-corrected chi connectivity index (χ1v) is 11.3.